The quantitative estimate of drug-likeness (QED) is 0.234. The zero-order valence-corrected chi connectivity index (χ0v) is 18.3. The lowest BCUT2D eigenvalue weighted by atomic mass is 10.0. The number of nitrogens with one attached hydrogen (secondary N) is 1. The van der Waals surface area contributed by atoms with E-state index in [-0.39, 0.29) is 0 Å². The number of nitrogens with zero attached hydrogens (tertiary/aromatic N) is 1. The Bertz CT molecular complexity index is 1670. The fourth-order valence-corrected chi connectivity index (χ4v) is 5.50. The number of hydrogen-bond donors (Lipinski definition) is 1. The largest absolute Gasteiger partial charge is 0.378 e. The number of para-hydroxylation sites is 1. The van der Waals surface area contributed by atoms with Gasteiger partial charge in [-0.3, -0.25) is 0 Å². The Hall–Kier alpha value is -4.17. The average molecular weight is 424 g/mol. The molecule has 1 N–H and O–H groups in total. The molecule has 0 aliphatic heterocycles. The maximum absolute atomic E-state index is 3.74. The lowest BCUT2D eigenvalue weighted by Crippen LogP contribution is -2.37. The molecular weight excluding hydrogens is 400 g/mol. The van der Waals surface area contributed by atoms with Crippen molar-refractivity contribution in [1.29, 1.82) is 0 Å². The first-order chi connectivity index (χ1) is 16.4. The Morgan fingerprint density at radius 3 is 2.09 bits per heavy atom. The monoisotopic (exact) mass is 423 g/mol. The van der Waals surface area contributed by atoms with Crippen LogP contribution in [-0.2, 0) is 6.54 Å². The van der Waals surface area contributed by atoms with Gasteiger partial charge in [-0.1, -0.05) is 78.9 Å². The third kappa shape index (κ3) is 2.77. The molecule has 1 aliphatic carbocycles. The highest BCUT2D eigenvalue weighted by Crippen LogP contribution is 2.48. The van der Waals surface area contributed by atoms with E-state index < -0.39 is 0 Å². The third-order valence-electron chi connectivity index (χ3n) is 6.98. The van der Waals surface area contributed by atoms with E-state index in [0.29, 0.717) is 0 Å². The van der Waals surface area contributed by atoms with Crippen molar-refractivity contribution in [2.75, 3.05) is 11.9 Å². The predicted molar refractivity (Wildman–Crippen MR) is 139 cm³/mol. The highest BCUT2D eigenvalue weighted by molar-refractivity contribution is 6.18. The van der Waals surface area contributed by atoms with Gasteiger partial charge in [0.15, 0.2) is 12.7 Å². The lowest BCUT2D eigenvalue weighted by molar-refractivity contribution is -0.666. The molecule has 7 rings (SSSR count). The normalized spacial score (nSPS) is 11.9. The summed E-state index contributed by atoms with van der Waals surface area (Å²) in [6, 6.07) is 37.3. The molecule has 0 radical (unpaired) electrons. The Balaban J connectivity index is 1.24. The van der Waals surface area contributed by atoms with Crippen molar-refractivity contribution >= 4 is 38.1 Å². The molecule has 0 saturated heterocycles. The smallest absolute Gasteiger partial charge is 0.213 e. The van der Waals surface area contributed by atoms with Gasteiger partial charge in [0.2, 0.25) is 5.52 Å². The minimum atomic E-state index is 0.860. The summed E-state index contributed by atoms with van der Waals surface area (Å²) in [6.07, 6.45) is 2.28. The van der Waals surface area contributed by atoms with Gasteiger partial charge in [0.25, 0.3) is 0 Å². The van der Waals surface area contributed by atoms with Gasteiger partial charge in [0, 0.05) is 27.9 Å². The molecule has 33 heavy (non-hydrogen) atoms. The van der Waals surface area contributed by atoms with Crippen molar-refractivity contribution < 1.29 is 4.57 Å². The number of pyridine rings is 1. The van der Waals surface area contributed by atoms with E-state index in [9.17, 15) is 0 Å². The van der Waals surface area contributed by atoms with E-state index in [1.165, 1.54) is 60.4 Å². The van der Waals surface area contributed by atoms with Gasteiger partial charge in [-0.05, 0) is 45.8 Å². The van der Waals surface area contributed by atoms with Gasteiger partial charge in [-0.25, -0.2) is 0 Å². The van der Waals surface area contributed by atoms with Crippen molar-refractivity contribution in [3.05, 3.63) is 109 Å². The van der Waals surface area contributed by atoms with E-state index in [1.807, 2.05) is 0 Å². The van der Waals surface area contributed by atoms with Crippen LogP contribution in [0.1, 0.15) is 0 Å². The summed E-state index contributed by atoms with van der Waals surface area (Å²) in [5.74, 6) is 0. The van der Waals surface area contributed by atoms with Gasteiger partial charge in [0.1, 0.15) is 0 Å². The van der Waals surface area contributed by atoms with E-state index in [0.717, 1.165) is 13.1 Å². The van der Waals surface area contributed by atoms with Crippen LogP contribution in [-0.4, -0.2) is 6.54 Å². The molecule has 2 heteroatoms. The van der Waals surface area contributed by atoms with E-state index in [1.54, 1.807) is 0 Å². The Morgan fingerprint density at radius 1 is 0.545 bits per heavy atom. The molecule has 0 amide bonds. The van der Waals surface area contributed by atoms with Crippen LogP contribution in [0.2, 0.25) is 0 Å². The van der Waals surface area contributed by atoms with Crippen LogP contribution in [0.4, 0.5) is 5.69 Å². The van der Waals surface area contributed by atoms with Crippen LogP contribution in [0.3, 0.4) is 0 Å². The van der Waals surface area contributed by atoms with Crippen LogP contribution in [0.15, 0.2) is 109 Å². The van der Waals surface area contributed by atoms with Crippen molar-refractivity contribution in [3.8, 4) is 22.3 Å². The molecule has 0 atom stereocenters. The summed E-state index contributed by atoms with van der Waals surface area (Å²) in [7, 11) is 0. The molecule has 0 unspecified atom stereocenters. The predicted octanol–water partition coefficient (Wildman–Crippen LogP) is 7.19. The van der Waals surface area contributed by atoms with Crippen molar-refractivity contribution in [3.63, 3.8) is 0 Å². The van der Waals surface area contributed by atoms with Gasteiger partial charge in [-0.15, -0.1) is 0 Å². The van der Waals surface area contributed by atoms with Crippen LogP contribution in [0, 0.1) is 0 Å². The van der Waals surface area contributed by atoms with E-state index in [2.05, 4.69) is 119 Å². The zero-order valence-electron chi connectivity index (χ0n) is 18.3. The molecule has 6 aromatic rings. The summed E-state index contributed by atoms with van der Waals surface area (Å²) >= 11 is 0. The van der Waals surface area contributed by atoms with E-state index in [4.69, 9.17) is 0 Å². The second kappa shape index (κ2) is 7.18. The number of fused-ring (bicyclic) bond motifs is 6. The highest BCUT2D eigenvalue weighted by atomic mass is 15.0. The first-order valence-electron chi connectivity index (χ1n) is 11.6. The zero-order chi connectivity index (χ0) is 21.8. The molecule has 0 spiro atoms. The molecule has 1 heterocycles. The van der Waals surface area contributed by atoms with Gasteiger partial charge < -0.3 is 5.32 Å². The molecular formula is C31H23N2+. The fraction of sp³-hybridized carbons (Fsp3) is 0.0645. The van der Waals surface area contributed by atoms with Crippen LogP contribution < -0.4 is 9.88 Å². The van der Waals surface area contributed by atoms with Gasteiger partial charge in [0.05, 0.1) is 11.9 Å². The SMILES string of the molecule is c1ccc2c(c1)-c1cccc3c(NCC[n+]4cc5ccccc5c5ccccc54)ccc-2c13. The highest BCUT2D eigenvalue weighted by Gasteiger charge is 2.21. The summed E-state index contributed by atoms with van der Waals surface area (Å²) in [4.78, 5) is 0. The molecule has 1 aromatic heterocycles. The summed E-state index contributed by atoms with van der Waals surface area (Å²) < 4.78 is 2.38. The van der Waals surface area contributed by atoms with Gasteiger partial charge in [-0.2, -0.15) is 4.57 Å². The minimum absolute atomic E-state index is 0.860. The van der Waals surface area contributed by atoms with E-state index >= 15 is 0 Å². The van der Waals surface area contributed by atoms with Gasteiger partial charge >= 0.3 is 0 Å². The maximum atomic E-state index is 3.74. The second-order valence-electron chi connectivity index (χ2n) is 8.79. The molecule has 0 bridgehead atoms. The standard InChI is InChI=1S/C31H23N2/c1-2-9-22-21(8-1)20-33(30-15-6-5-12-25(22)30)19-18-32-29-17-16-27-24-11-4-3-10-23(24)26-13-7-14-28(29)31(26)27/h1-17,20,32H,18-19H2/q+1. The first kappa shape index (κ1) is 18.4. The number of rotatable bonds is 4. The van der Waals surface area contributed by atoms with Crippen molar-refractivity contribution in [1.82, 2.24) is 0 Å². The number of benzene rings is 5. The molecule has 1 aliphatic rings. The topological polar surface area (TPSA) is 15.9 Å². The third-order valence-corrected chi connectivity index (χ3v) is 6.98. The molecule has 0 fully saturated rings. The Kier molecular flexibility index (Phi) is 4.00. The van der Waals surface area contributed by atoms with Crippen molar-refractivity contribution in [2.45, 2.75) is 6.54 Å². The number of hydrogen-bond acceptors (Lipinski definition) is 1. The minimum Gasteiger partial charge on any atom is -0.378 e. The fourth-order valence-electron chi connectivity index (χ4n) is 5.50. The maximum Gasteiger partial charge on any atom is 0.213 e. The molecule has 0 saturated carbocycles. The van der Waals surface area contributed by atoms with Crippen LogP contribution in [0.5, 0.6) is 0 Å². The molecule has 5 aromatic carbocycles. The number of aromatic nitrogens is 1. The average Bonchev–Trinajstić information content (AvgIpc) is 3.21. The second-order valence-corrected chi connectivity index (χ2v) is 8.79. The van der Waals surface area contributed by atoms with Crippen LogP contribution >= 0.6 is 0 Å². The number of anilines is 1. The lowest BCUT2D eigenvalue weighted by Gasteiger charge is -2.11. The summed E-state index contributed by atoms with van der Waals surface area (Å²) in [5, 5.41) is 10.3. The molecule has 2 nitrogen and oxygen atoms in total. The summed E-state index contributed by atoms with van der Waals surface area (Å²) in [5.41, 5.74) is 7.85. The van der Waals surface area contributed by atoms with Crippen molar-refractivity contribution in [2.24, 2.45) is 0 Å². The molecule has 156 valence electrons. The first-order valence-corrected chi connectivity index (χ1v) is 11.6. The van der Waals surface area contributed by atoms with Crippen LogP contribution in [0.25, 0.3) is 54.7 Å². The summed E-state index contributed by atoms with van der Waals surface area (Å²) in [6.45, 7) is 1.76. The Labute approximate surface area is 192 Å². The Morgan fingerprint density at radius 2 is 1.21 bits per heavy atom.